The third-order valence-corrected chi connectivity index (χ3v) is 2.99. The summed E-state index contributed by atoms with van der Waals surface area (Å²) in [6.45, 7) is 2.54. The highest BCUT2D eigenvalue weighted by Crippen LogP contribution is 2.34. The molecule has 1 rings (SSSR count). The van der Waals surface area contributed by atoms with Crippen LogP contribution in [0.25, 0.3) is 0 Å². The van der Waals surface area contributed by atoms with Gasteiger partial charge in [-0.2, -0.15) is 0 Å². The monoisotopic (exact) mass is 334 g/mol. The molecule has 23 heavy (non-hydrogen) atoms. The number of carboxylic acid groups (broad SMARTS) is 1. The number of hydrogen-bond acceptors (Lipinski definition) is 9. The number of aliphatic carboxylic acids is 1. The third kappa shape index (κ3) is 4.89. The van der Waals surface area contributed by atoms with Gasteiger partial charge in [0.15, 0.2) is 24.1 Å². The molecule has 0 aromatic carbocycles. The molecule has 0 saturated carbocycles. The SMILES string of the molecule is CC(=O)O[C@@H]1[C@@H](O)OC[C@@](CC(=O)O)(OC(C)=O)[C@H]1OC(C)=O. The Morgan fingerprint density at radius 1 is 1.09 bits per heavy atom. The summed E-state index contributed by atoms with van der Waals surface area (Å²) in [7, 11) is 0. The molecule has 1 saturated heterocycles. The Bertz CT molecular complexity index is 483. The number of aliphatic hydroxyl groups is 1. The van der Waals surface area contributed by atoms with E-state index in [1.165, 1.54) is 0 Å². The maximum atomic E-state index is 11.4. The van der Waals surface area contributed by atoms with Crippen molar-refractivity contribution >= 4 is 23.9 Å². The molecule has 0 aliphatic carbocycles. The molecular weight excluding hydrogens is 316 g/mol. The van der Waals surface area contributed by atoms with Crippen molar-refractivity contribution < 1.29 is 48.3 Å². The number of aliphatic hydroxyl groups excluding tert-OH is 1. The van der Waals surface area contributed by atoms with Crippen LogP contribution in [-0.2, 0) is 38.1 Å². The van der Waals surface area contributed by atoms with Crippen LogP contribution in [0.3, 0.4) is 0 Å². The van der Waals surface area contributed by atoms with E-state index in [0.29, 0.717) is 0 Å². The van der Waals surface area contributed by atoms with Gasteiger partial charge in [0.2, 0.25) is 0 Å². The summed E-state index contributed by atoms with van der Waals surface area (Å²) in [5, 5.41) is 18.9. The summed E-state index contributed by atoms with van der Waals surface area (Å²) in [6.07, 6.45) is -5.56. The zero-order valence-corrected chi connectivity index (χ0v) is 12.8. The molecule has 1 fully saturated rings. The first-order valence-electron chi connectivity index (χ1n) is 6.63. The van der Waals surface area contributed by atoms with Crippen LogP contribution in [0.5, 0.6) is 0 Å². The van der Waals surface area contributed by atoms with Gasteiger partial charge in [0.25, 0.3) is 0 Å². The lowest BCUT2D eigenvalue weighted by Crippen LogP contribution is -2.65. The van der Waals surface area contributed by atoms with Crippen LogP contribution in [0.1, 0.15) is 27.2 Å². The minimum Gasteiger partial charge on any atom is -0.481 e. The lowest BCUT2D eigenvalue weighted by molar-refractivity contribution is -0.296. The average Bonchev–Trinajstić information content (AvgIpc) is 2.36. The maximum Gasteiger partial charge on any atom is 0.307 e. The summed E-state index contributed by atoms with van der Waals surface area (Å²) in [6, 6.07) is 0. The maximum absolute atomic E-state index is 11.4. The Morgan fingerprint density at radius 2 is 1.65 bits per heavy atom. The van der Waals surface area contributed by atoms with Crippen LogP contribution >= 0.6 is 0 Å². The molecule has 0 unspecified atom stereocenters. The Kier molecular flexibility index (Phi) is 6.05. The Labute approximate surface area is 131 Å². The molecule has 10 heteroatoms. The largest absolute Gasteiger partial charge is 0.481 e. The molecular formula is C13H18O10. The van der Waals surface area contributed by atoms with Crippen LogP contribution in [-0.4, -0.2) is 64.8 Å². The number of hydrogen-bond donors (Lipinski definition) is 2. The van der Waals surface area contributed by atoms with Gasteiger partial charge in [-0.25, -0.2) is 0 Å². The lowest BCUT2D eigenvalue weighted by atomic mass is 9.86. The third-order valence-electron chi connectivity index (χ3n) is 2.99. The molecule has 10 nitrogen and oxygen atoms in total. The average molecular weight is 334 g/mol. The van der Waals surface area contributed by atoms with Gasteiger partial charge in [0.05, 0.1) is 13.0 Å². The van der Waals surface area contributed by atoms with Crippen molar-refractivity contribution in [1.82, 2.24) is 0 Å². The van der Waals surface area contributed by atoms with E-state index >= 15 is 0 Å². The number of carbonyl (C=O) groups excluding carboxylic acids is 3. The van der Waals surface area contributed by atoms with Gasteiger partial charge < -0.3 is 29.2 Å². The van der Waals surface area contributed by atoms with Gasteiger partial charge in [-0.3, -0.25) is 19.2 Å². The summed E-state index contributed by atoms with van der Waals surface area (Å²) >= 11 is 0. The molecule has 1 aliphatic rings. The van der Waals surface area contributed by atoms with Crippen molar-refractivity contribution in [1.29, 1.82) is 0 Å². The van der Waals surface area contributed by atoms with Crippen molar-refractivity contribution in [2.45, 2.75) is 51.3 Å². The second kappa shape index (κ2) is 7.38. The van der Waals surface area contributed by atoms with Crippen LogP contribution in [0.2, 0.25) is 0 Å². The van der Waals surface area contributed by atoms with E-state index in [-0.39, 0.29) is 0 Å². The van der Waals surface area contributed by atoms with Gasteiger partial charge >= 0.3 is 23.9 Å². The van der Waals surface area contributed by atoms with Gasteiger partial charge in [-0.05, 0) is 0 Å². The molecule has 0 amide bonds. The molecule has 0 bridgehead atoms. The van der Waals surface area contributed by atoms with Crippen molar-refractivity contribution in [2.75, 3.05) is 6.61 Å². The second-order valence-electron chi connectivity index (χ2n) is 5.03. The first kappa shape index (κ1) is 18.8. The van der Waals surface area contributed by atoms with Crippen molar-refractivity contribution in [3.63, 3.8) is 0 Å². The van der Waals surface area contributed by atoms with E-state index in [1.807, 2.05) is 0 Å². The van der Waals surface area contributed by atoms with Gasteiger partial charge in [0.1, 0.15) is 0 Å². The second-order valence-corrected chi connectivity index (χ2v) is 5.03. The predicted octanol–water partition coefficient (Wildman–Crippen LogP) is -1.02. The van der Waals surface area contributed by atoms with E-state index in [0.717, 1.165) is 20.8 Å². The van der Waals surface area contributed by atoms with E-state index in [2.05, 4.69) is 0 Å². The molecule has 1 heterocycles. The van der Waals surface area contributed by atoms with Crippen molar-refractivity contribution in [3.05, 3.63) is 0 Å². The van der Waals surface area contributed by atoms with E-state index in [1.54, 1.807) is 0 Å². The van der Waals surface area contributed by atoms with E-state index < -0.39 is 61.0 Å². The molecule has 0 radical (unpaired) electrons. The van der Waals surface area contributed by atoms with Crippen LogP contribution in [0.4, 0.5) is 0 Å². The highest BCUT2D eigenvalue weighted by molar-refractivity contribution is 5.72. The van der Waals surface area contributed by atoms with Gasteiger partial charge in [0, 0.05) is 20.8 Å². The number of esters is 3. The fourth-order valence-corrected chi connectivity index (χ4v) is 2.33. The lowest BCUT2D eigenvalue weighted by Gasteiger charge is -2.45. The predicted molar refractivity (Wildman–Crippen MR) is 69.8 cm³/mol. The highest BCUT2D eigenvalue weighted by Gasteiger charge is 2.57. The molecule has 2 N–H and O–H groups in total. The Balaban J connectivity index is 3.30. The smallest absolute Gasteiger partial charge is 0.307 e. The number of carboxylic acids is 1. The minimum atomic E-state index is -1.94. The summed E-state index contributed by atoms with van der Waals surface area (Å²) < 4.78 is 19.9. The molecule has 0 aromatic heterocycles. The molecule has 4 atom stereocenters. The van der Waals surface area contributed by atoms with Gasteiger partial charge in [-0.1, -0.05) is 0 Å². The Hall–Kier alpha value is -2.20. The number of ether oxygens (including phenoxy) is 4. The first-order valence-corrected chi connectivity index (χ1v) is 6.63. The van der Waals surface area contributed by atoms with Crippen LogP contribution in [0, 0.1) is 0 Å². The topological polar surface area (TPSA) is 146 Å². The molecule has 0 spiro atoms. The summed E-state index contributed by atoms with van der Waals surface area (Å²) in [5.41, 5.74) is -1.94. The quantitative estimate of drug-likeness (QED) is 0.473. The highest BCUT2D eigenvalue weighted by atomic mass is 16.7. The normalized spacial score (nSPS) is 30.2. The fraction of sp³-hybridized carbons (Fsp3) is 0.692. The minimum absolute atomic E-state index is 0.560. The standard InChI is InChI=1S/C13H18O10/c1-6(14)21-10-11(22-7(2)15)13(4-9(17)18,23-8(3)16)5-20-12(10)19/h10-12,19H,4-5H2,1-3H3,(H,17,18)/t10-,11-,12-,13+/m0/s1. The van der Waals surface area contributed by atoms with Crippen molar-refractivity contribution in [2.24, 2.45) is 0 Å². The summed E-state index contributed by atoms with van der Waals surface area (Å²) in [4.78, 5) is 45.0. The van der Waals surface area contributed by atoms with Gasteiger partial charge in [-0.15, -0.1) is 0 Å². The zero-order chi connectivity index (χ0) is 17.8. The van der Waals surface area contributed by atoms with E-state index in [4.69, 9.17) is 24.1 Å². The molecule has 130 valence electrons. The van der Waals surface area contributed by atoms with Crippen LogP contribution < -0.4 is 0 Å². The van der Waals surface area contributed by atoms with E-state index in [9.17, 15) is 24.3 Å². The molecule has 0 aromatic rings. The van der Waals surface area contributed by atoms with Crippen LogP contribution in [0.15, 0.2) is 0 Å². The fourth-order valence-electron chi connectivity index (χ4n) is 2.33. The summed E-state index contributed by atoms with van der Waals surface area (Å²) in [5.74, 6) is -3.90. The first-order chi connectivity index (χ1) is 10.6. The van der Waals surface area contributed by atoms with Crippen molar-refractivity contribution in [3.8, 4) is 0 Å². The Morgan fingerprint density at radius 3 is 2.09 bits per heavy atom. The number of rotatable bonds is 5. The molecule has 1 aliphatic heterocycles. The zero-order valence-electron chi connectivity index (χ0n) is 12.8. The number of carbonyl (C=O) groups is 4.